The molecule has 0 N–H and O–H groups in total. The molecule has 0 aliphatic heterocycles. The van der Waals surface area contributed by atoms with Crippen LogP contribution in [0.5, 0.6) is 0 Å². The van der Waals surface area contributed by atoms with Crippen LogP contribution in [0.2, 0.25) is 0 Å². The molecule has 0 fully saturated rings. The number of hydrogen-bond acceptors (Lipinski definition) is 2. The van der Waals surface area contributed by atoms with Crippen LogP contribution in [0, 0.1) is 0 Å². The third-order valence-electron chi connectivity index (χ3n) is 1.70. The van der Waals surface area contributed by atoms with Gasteiger partial charge in [-0.2, -0.15) is 0 Å². The molecule has 1 amide bonds. The monoisotopic (exact) mass is 175 g/mol. The summed E-state index contributed by atoms with van der Waals surface area (Å²) in [5.74, 6) is -0.0579. The minimum absolute atomic E-state index is 0.0579. The van der Waals surface area contributed by atoms with E-state index in [1.165, 1.54) is 4.90 Å². The van der Waals surface area contributed by atoms with Gasteiger partial charge < -0.3 is 0 Å². The van der Waals surface area contributed by atoms with E-state index in [2.05, 4.69) is 0 Å². The predicted octanol–water partition coefficient (Wildman–Crippen LogP) is 0.0634. The molecule has 3 nitrogen and oxygen atoms in total. The number of hydrogen-bond donors (Lipinski definition) is 0. The Kier molecular flexibility index (Phi) is 2.95. The molecule has 4 heteroatoms. The minimum atomic E-state index is -0.0579. The summed E-state index contributed by atoms with van der Waals surface area (Å²) in [7, 11) is 4.13. The zero-order chi connectivity index (χ0) is 9.84. The van der Waals surface area contributed by atoms with Gasteiger partial charge in [0.25, 0.3) is 0 Å². The van der Waals surface area contributed by atoms with Crippen LogP contribution >= 0.6 is 0 Å². The van der Waals surface area contributed by atoms with Crippen LogP contribution < -0.4 is 5.46 Å². The molecule has 66 valence electrons. The topological polar surface area (TPSA) is 37.4 Å². The normalized spacial score (nSPS) is 9.08. The summed E-state index contributed by atoms with van der Waals surface area (Å²) in [5, 5.41) is 0. The standard InChI is InChI=1S/C9H10BNO2/c1-11(2)9(12)7-3-5-8(10-13)6-4-7/h3-6H,1-2H3. The van der Waals surface area contributed by atoms with Crippen molar-refractivity contribution in [1.82, 2.24) is 4.90 Å². The van der Waals surface area contributed by atoms with E-state index in [4.69, 9.17) is 0 Å². The first kappa shape index (κ1) is 9.64. The third kappa shape index (κ3) is 2.24. The van der Waals surface area contributed by atoms with Crippen molar-refractivity contribution < 1.29 is 9.50 Å². The van der Waals surface area contributed by atoms with Crippen LogP contribution in [0.3, 0.4) is 0 Å². The van der Waals surface area contributed by atoms with Crippen molar-refractivity contribution in [3.05, 3.63) is 29.8 Å². The summed E-state index contributed by atoms with van der Waals surface area (Å²) in [6.07, 6.45) is 0. The van der Waals surface area contributed by atoms with Gasteiger partial charge in [-0.1, -0.05) is 0 Å². The fourth-order valence-corrected chi connectivity index (χ4v) is 0.962. The first-order chi connectivity index (χ1) is 6.15. The first-order valence-electron chi connectivity index (χ1n) is 3.92. The zero-order valence-electron chi connectivity index (χ0n) is 7.65. The van der Waals surface area contributed by atoms with Gasteiger partial charge in [0.15, 0.2) is 0 Å². The number of rotatable bonds is 2. The number of carbonyl (C=O) groups excluding carboxylic acids is 1. The second-order valence-corrected chi connectivity index (χ2v) is 2.94. The van der Waals surface area contributed by atoms with E-state index in [0.29, 0.717) is 11.0 Å². The van der Waals surface area contributed by atoms with Crippen LogP contribution in [-0.2, 0) is 4.70 Å². The fraction of sp³-hybridized carbons (Fsp3) is 0.222. The van der Waals surface area contributed by atoms with Gasteiger partial charge in [0, 0.05) is 0 Å². The Morgan fingerprint density at radius 1 is 1.23 bits per heavy atom. The van der Waals surface area contributed by atoms with Gasteiger partial charge in [-0.05, 0) is 0 Å². The van der Waals surface area contributed by atoms with E-state index in [0.717, 1.165) is 7.15 Å². The molecule has 0 aliphatic carbocycles. The van der Waals surface area contributed by atoms with Gasteiger partial charge in [0.05, 0.1) is 0 Å². The Bertz CT molecular complexity index is 319. The molecule has 1 rings (SSSR count). The number of amides is 1. The zero-order valence-corrected chi connectivity index (χ0v) is 7.65. The van der Waals surface area contributed by atoms with Gasteiger partial charge in [-0.3, -0.25) is 0 Å². The van der Waals surface area contributed by atoms with Crippen LogP contribution in [0.25, 0.3) is 0 Å². The quantitative estimate of drug-likeness (QED) is 0.596. The van der Waals surface area contributed by atoms with Crippen LogP contribution in [0.1, 0.15) is 10.4 Å². The predicted molar refractivity (Wildman–Crippen MR) is 50.5 cm³/mol. The van der Waals surface area contributed by atoms with E-state index in [-0.39, 0.29) is 5.91 Å². The summed E-state index contributed by atoms with van der Waals surface area (Å²) in [6.45, 7) is 0. The molecular weight excluding hydrogens is 165 g/mol. The van der Waals surface area contributed by atoms with Crippen LogP contribution in [0.15, 0.2) is 24.3 Å². The van der Waals surface area contributed by atoms with Crippen LogP contribution in [-0.4, -0.2) is 32.1 Å². The molecule has 1 aromatic rings. The second kappa shape index (κ2) is 3.98. The van der Waals surface area contributed by atoms with Gasteiger partial charge >= 0.3 is 76.8 Å². The van der Waals surface area contributed by atoms with Crippen LogP contribution in [0.4, 0.5) is 0 Å². The second-order valence-electron chi connectivity index (χ2n) is 2.94. The molecule has 1 aromatic carbocycles. The van der Waals surface area contributed by atoms with Gasteiger partial charge in [-0.25, -0.2) is 0 Å². The summed E-state index contributed by atoms with van der Waals surface area (Å²) >= 11 is 0. The van der Waals surface area contributed by atoms with E-state index in [1.807, 2.05) is 0 Å². The number of carbonyl (C=O) groups is 1. The Balaban J connectivity index is 2.92. The average Bonchev–Trinajstić information content (AvgIpc) is 2.17. The molecule has 0 atom stereocenters. The van der Waals surface area contributed by atoms with Crippen molar-refractivity contribution in [2.45, 2.75) is 0 Å². The summed E-state index contributed by atoms with van der Waals surface area (Å²) in [4.78, 5) is 12.9. The molecule has 0 aromatic heterocycles. The van der Waals surface area contributed by atoms with Crippen molar-refractivity contribution in [2.24, 2.45) is 0 Å². The molecule has 0 spiro atoms. The van der Waals surface area contributed by atoms with E-state index >= 15 is 0 Å². The molecule has 13 heavy (non-hydrogen) atoms. The third-order valence-corrected chi connectivity index (χ3v) is 1.70. The van der Waals surface area contributed by atoms with Gasteiger partial charge in [0.1, 0.15) is 0 Å². The maximum absolute atomic E-state index is 11.4. The average molecular weight is 175 g/mol. The first-order valence-corrected chi connectivity index (χ1v) is 3.92. The van der Waals surface area contributed by atoms with Gasteiger partial charge in [-0.15, -0.1) is 0 Å². The molecule has 0 bridgehead atoms. The van der Waals surface area contributed by atoms with Crippen molar-refractivity contribution >= 4 is 18.5 Å². The SMILES string of the molecule is CN(C)C(=O)c1ccc(B=O)cc1. The Morgan fingerprint density at radius 2 is 1.77 bits per heavy atom. The van der Waals surface area contributed by atoms with E-state index in [1.54, 1.807) is 38.4 Å². The molecule has 0 heterocycles. The number of benzene rings is 1. The maximum atomic E-state index is 11.4. The summed E-state index contributed by atoms with van der Waals surface area (Å²) in [6, 6.07) is 6.55. The van der Waals surface area contributed by atoms with Crippen molar-refractivity contribution in [3.63, 3.8) is 0 Å². The van der Waals surface area contributed by atoms with Gasteiger partial charge in [0.2, 0.25) is 0 Å². The summed E-state index contributed by atoms with van der Waals surface area (Å²) in [5.41, 5.74) is 1.17. The number of nitrogens with zero attached hydrogens (tertiary/aromatic N) is 1. The molecule has 0 saturated heterocycles. The van der Waals surface area contributed by atoms with E-state index < -0.39 is 0 Å². The fourth-order valence-electron chi connectivity index (χ4n) is 0.962. The Labute approximate surface area is 77.6 Å². The van der Waals surface area contributed by atoms with Crippen molar-refractivity contribution in [3.8, 4) is 0 Å². The Morgan fingerprint density at radius 3 is 2.15 bits per heavy atom. The summed E-state index contributed by atoms with van der Waals surface area (Å²) < 4.78 is 10.3. The molecule has 0 radical (unpaired) electrons. The van der Waals surface area contributed by atoms with Crippen molar-refractivity contribution in [2.75, 3.05) is 14.1 Å². The van der Waals surface area contributed by atoms with Crippen molar-refractivity contribution in [1.29, 1.82) is 0 Å². The molecule has 0 unspecified atom stereocenters. The molecular formula is C9H10BNO2. The molecule has 0 aliphatic rings. The molecule has 0 saturated carbocycles. The Hall–Kier alpha value is -1.45. The van der Waals surface area contributed by atoms with E-state index in [9.17, 15) is 9.50 Å².